The summed E-state index contributed by atoms with van der Waals surface area (Å²) in [5.74, 6) is 0.0629. The number of hydrogen-bond acceptors (Lipinski definition) is 2. The van der Waals surface area contributed by atoms with Crippen LogP contribution >= 0.6 is 23.2 Å². The van der Waals surface area contributed by atoms with Gasteiger partial charge in [-0.2, -0.15) is 0 Å². The van der Waals surface area contributed by atoms with Crippen LogP contribution in [-0.4, -0.2) is 26.9 Å². The van der Waals surface area contributed by atoms with Gasteiger partial charge in [0.25, 0.3) is 5.91 Å². The number of amides is 1. The fraction of sp³-hybridized carbons (Fsp3) is 0.333. The van der Waals surface area contributed by atoms with Gasteiger partial charge in [-0.05, 0) is 49.2 Å². The highest BCUT2D eigenvalue weighted by molar-refractivity contribution is 6.31. The smallest absolute Gasteiger partial charge is 0.254 e. The van der Waals surface area contributed by atoms with E-state index in [4.69, 9.17) is 28.2 Å². The minimum atomic E-state index is -0.540. The first-order valence-corrected chi connectivity index (χ1v) is 10.1. The second-order valence-corrected chi connectivity index (χ2v) is 7.51. The first-order valence-electron chi connectivity index (χ1n) is 9.33. The number of aryl methyl sites for hydroxylation is 1. The highest BCUT2D eigenvalue weighted by Gasteiger charge is 2.20. The molecule has 1 aromatic heterocycles. The van der Waals surface area contributed by atoms with E-state index >= 15 is 0 Å². The average Bonchev–Trinajstić information content (AvgIpc) is 3.00. The molecule has 1 heterocycles. The molecule has 0 fully saturated rings. The van der Waals surface area contributed by atoms with Crippen LogP contribution in [0.15, 0.2) is 36.4 Å². The van der Waals surface area contributed by atoms with E-state index in [2.05, 4.69) is 11.5 Å². The van der Waals surface area contributed by atoms with Gasteiger partial charge in [-0.15, -0.1) is 0 Å². The summed E-state index contributed by atoms with van der Waals surface area (Å²) in [6, 6.07) is 9.64. The Hall–Kier alpha value is -2.11. The van der Waals surface area contributed by atoms with Crippen molar-refractivity contribution in [2.45, 2.75) is 39.8 Å². The maximum Gasteiger partial charge on any atom is 0.254 e. The van der Waals surface area contributed by atoms with Crippen LogP contribution < -0.4 is 0 Å². The number of carbonyl (C=O) groups excluding carboxylic acids is 1. The number of carbonyl (C=O) groups is 1. The Morgan fingerprint density at radius 3 is 2.61 bits per heavy atom. The van der Waals surface area contributed by atoms with Gasteiger partial charge in [-0.1, -0.05) is 37.0 Å². The topological polar surface area (TPSA) is 38.1 Å². The van der Waals surface area contributed by atoms with Crippen LogP contribution in [0.25, 0.3) is 11.0 Å². The van der Waals surface area contributed by atoms with Crippen molar-refractivity contribution in [3.8, 4) is 0 Å². The number of fused-ring (bicyclic) bond motifs is 1. The van der Waals surface area contributed by atoms with E-state index in [1.54, 1.807) is 4.90 Å². The molecule has 28 heavy (non-hydrogen) atoms. The van der Waals surface area contributed by atoms with Crippen molar-refractivity contribution in [1.82, 2.24) is 14.5 Å². The summed E-state index contributed by atoms with van der Waals surface area (Å²) in [5.41, 5.74) is 2.17. The summed E-state index contributed by atoms with van der Waals surface area (Å²) in [5, 5.41) is 0.592. The maximum atomic E-state index is 13.5. The Morgan fingerprint density at radius 2 is 1.93 bits per heavy atom. The number of aromatic nitrogens is 2. The second kappa shape index (κ2) is 8.93. The van der Waals surface area contributed by atoms with Gasteiger partial charge in [0.1, 0.15) is 11.6 Å². The summed E-state index contributed by atoms with van der Waals surface area (Å²) in [4.78, 5) is 19.5. The highest BCUT2D eigenvalue weighted by atomic mass is 35.5. The molecule has 3 rings (SSSR count). The molecule has 0 aliphatic heterocycles. The third-order valence-electron chi connectivity index (χ3n) is 4.52. The SMILES string of the molecule is CCCN(Cc1nc2ccc(Cl)cc2n1CCC)C(=O)c1ccc(F)c(Cl)c1. The minimum absolute atomic E-state index is 0.0600. The third kappa shape index (κ3) is 4.31. The summed E-state index contributed by atoms with van der Waals surface area (Å²) < 4.78 is 15.6. The van der Waals surface area contributed by atoms with Crippen molar-refractivity contribution in [2.75, 3.05) is 6.54 Å². The van der Waals surface area contributed by atoms with E-state index in [0.29, 0.717) is 23.7 Å². The molecule has 0 unspecified atom stereocenters. The lowest BCUT2D eigenvalue weighted by molar-refractivity contribution is 0.0737. The molecule has 148 valence electrons. The second-order valence-electron chi connectivity index (χ2n) is 6.67. The van der Waals surface area contributed by atoms with Gasteiger partial charge in [0.15, 0.2) is 0 Å². The molecule has 2 aromatic carbocycles. The summed E-state index contributed by atoms with van der Waals surface area (Å²) in [6.45, 7) is 5.79. The van der Waals surface area contributed by atoms with Crippen molar-refractivity contribution in [2.24, 2.45) is 0 Å². The normalized spacial score (nSPS) is 11.2. The first-order chi connectivity index (χ1) is 13.4. The number of benzene rings is 2. The predicted molar refractivity (Wildman–Crippen MR) is 111 cm³/mol. The van der Waals surface area contributed by atoms with Gasteiger partial charge in [0.05, 0.1) is 22.6 Å². The molecule has 0 atom stereocenters. The monoisotopic (exact) mass is 421 g/mol. The Labute approximate surface area is 173 Å². The van der Waals surface area contributed by atoms with Crippen LogP contribution in [0.1, 0.15) is 42.9 Å². The molecule has 4 nitrogen and oxygen atoms in total. The lowest BCUT2D eigenvalue weighted by atomic mass is 10.2. The van der Waals surface area contributed by atoms with E-state index in [1.165, 1.54) is 18.2 Å². The first kappa shape index (κ1) is 20.6. The molecule has 7 heteroatoms. The van der Waals surface area contributed by atoms with E-state index in [9.17, 15) is 9.18 Å². The van der Waals surface area contributed by atoms with Crippen LogP contribution in [0.4, 0.5) is 4.39 Å². The van der Waals surface area contributed by atoms with Gasteiger partial charge in [0.2, 0.25) is 0 Å². The molecule has 1 amide bonds. The van der Waals surface area contributed by atoms with Crippen LogP contribution in [0, 0.1) is 5.82 Å². The Balaban J connectivity index is 1.96. The van der Waals surface area contributed by atoms with Crippen molar-refractivity contribution in [1.29, 1.82) is 0 Å². The summed E-state index contributed by atoms with van der Waals surface area (Å²) >= 11 is 12.0. The zero-order valence-corrected chi connectivity index (χ0v) is 17.4. The number of rotatable bonds is 7. The van der Waals surface area contributed by atoms with Gasteiger partial charge < -0.3 is 9.47 Å². The molecular formula is C21H22Cl2FN3O. The van der Waals surface area contributed by atoms with Gasteiger partial charge in [0, 0.05) is 23.7 Å². The maximum absolute atomic E-state index is 13.5. The molecule has 0 radical (unpaired) electrons. The number of imidazole rings is 1. The van der Waals surface area contributed by atoms with Crippen molar-refractivity contribution in [3.63, 3.8) is 0 Å². The lowest BCUT2D eigenvalue weighted by Gasteiger charge is -2.22. The van der Waals surface area contributed by atoms with Crippen LogP contribution in [-0.2, 0) is 13.1 Å². The van der Waals surface area contributed by atoms with E-state index in [0.717, 1.165) is 36.2 Å². The molecule has 0 saturated heterocycles. The van der Waals surface area contributed by atoms with Gasteiger partial charge >= 0.3 is 0 Å². The van der Waals surface area contributed by atoms with Gasteiger partial charge in [-0.3, -0.25) is 4.79 Å². The zero-order valence-electron chi connectivity index (χ0n) is 15.9. The fourth-order valence-corrected chi connectivity index (χ4v) is 3.59. The van der Waals surface area contributed by atoms with Crippen LogP contribution in [0.5, 0.6) is 0 Å². The van der Waals surface area contributed by atoms with E-state index in [1.807, 2.05) is 25.1 Å². The number of hydrogen-bond donors (Lipinski definition) is 0. The largest absolute Gasteiger partial charge is 0.331 e. The van der Waals surface area contributed by atoms with Crippen molar-refractivity contribution in [3.05, 3.63) is 63.6 Å². The molecule has 0 spiro atoms. The third-order valence-corrected chi connectivity index (χ3v) is 5.04. The van der Waals surface area contributed by atoms with Crippen LogP contribution in [0.2, 0.25) is 10.0 Å². The Bertz CT molecular complexity index is 1000. The molecule has 0 bridgehead atoms. The quantitative estimate of drug-likeness (QED) is 0.472. The van der Waals surface area contributed by atoms with E-state index in [-0.39, 0.29) is 10.9 Å². The highest BCUT2D eigenvalue weighted by Crippen LogP contribution is 2.23. The van der Waals surface area contributed by atoms with Crippen LogP contribution in [0.3, 0.4) is 0 Å². The molecule has 0 N–H and O–H groups in total. The number of nitrogens with zero attached hydrogens (tertiary/aromatic N) is 3. The van der Waals surface area contributed by atoms with Crippen molar-refractivity contribution < 1.29 is 9.18 Å². The fourth-order valence-electron chi connectivity index (χ4n) is 3.24. The molecule has 0 saturated carbocycles. The number of halogens is 3. The average molecular weight is 422 g/mol. The van der Waals surface area contributed by atoms with Crippen molar-refractivity contribution >= 4 is 40.1 Å². The molecule has 3 aromatic rings. The molecular weight excluding hydrogens is 400 g/mol. The van der Waals surface area contributed by atoms with E-state index < -0.39 is 5.82 Å². The Kier molecular flexibility index (Phi) is 6.57. The zero-order chi connectivity index (χ0) is 20.3. The summed E-state index contributed by atoms with van der Waals surface area (Å²) in [7, 11) is 0. The Morgan fingerprint density at radius 1 is 1.14 bits per heavy atom. The molecule has 0 aliphatic rings. The summed E-state index contributed by atoms with van der Waals surface area (Å²) in [6.07, 6.45) is 1.72. The predicted octanol–water partition coefficient (Wildman–Crippen LogP) is 5.94. The standard InChI is InChI=1S/C21H22Cl2FN3O/c1-3-9-26(21(28)14-5-7-17(24)16(23)11-14)13-20-25-18-8-6-15(22)12-19(18)27(20)10-4-2/h5-8,11-12H,3-4,9-10,13H2,1-2H3. The van der Waals surface area contributed by atoms with Gasteiger partial charge in [-0.25, -0.2) is 9.37 Å². The molecule has 0 aliphatic carbocycles. The lowest BCUT2D eigenvalue weighted by Crippen LogP contribution is -2.32. The minimum Gasteiger partial charge on any atom is -0.331 e.